The smallest absolute Gasteiger partial charge is 0.120 e. The van der Waals surface area contributed by atoms with Crippen molar-refractivity contribution >= 4 is 27.3 Å². The van der Waals surface area contributed by atoms with E-state index in [0.29, 0.717) is 12.3 Å². The molecule has 0 amide bonds. The van der Waals surface area contributed by atoms with Crippen LogP contribution in [0.2, 0.25) is 0 Å². The molecule has 84 valence electrons. The molecule has 0 radical (unpaired) electrons. The number of phenolic OH excluding ortho intramolecular Hbond substituents is 1. The summed E-state index contributed by atoms with van der Waals surface area (Å²) < 4.78 is 0.968. The Kier molecular flexibility index (Phi) is 3.93. The molecule has 2 aromatic rings. The predicted molar refractivity (Wildman–Crippen MR) is 68.5 cm³/mol. The van der Waals surface area contributed by atoms with E-state index in [2.05, 4.69) is 26.2 Å². The minimum Gasteiger partial charge on any atom is -0.508 e. The number of hydrogen-bond donors (Lipinski definition) is 2. The summed E-state index contributed by atoms with van der Waals surface area (Å²) in [5, 5.41) is 14.9. The lowest BCUT2D eigenvalue weighted by atomic mass is 10.2. The highest BCUT2D eigenvalue weighted by molar-refractivity contribution is 9.10. The summed E-state index contributed by atoms with van der Waals surface area (Å²) in [6.07, 6.45) is 0. The monoisotopic (exact) mass is 298 g/mol. The SMILES string of the molecule is Oc1ccc(Br)cc1CNCc1cscn1. The summed E-state index contributed by atoms with van der Waals surface area (Å²) in [4.78, 5) is 4.17. The Morgan fingerprint density at radius 2 is 2.25 bits per heavy atom. The third kappa shape index (κ3) is 3.04. The fourth-order valence-electron chi connectivity index (χ4n) is 1.35. The van der Waals surface area contributed by atoms with Crippen LogP contribution < -0.4 is 5.32 Å². The van der Waals surface area contributed by atoms with Crippen LogP contribution in [-0.2, 0) is 13.1 Å². The average molecular weight is 299 g/mol. The van der Waals surface area contributed by atoms with Crippen LogP contribution >= 0.6 is 27.3 Å². The van der Waals surface area contributed by atoms with Gasteiger partial charge in [-0.3, -0.25) is 0 Å². The van der Waals surface area contributed by atoms with Gasteiger partial charge in [0, 0.05) is 28.5 Å². The van der Waals surface area contributed by atoms with E-state index < -0.39 is 0 Å². The van der Waals surface area contributed by atoms with Crippen molar-refractivity contribution in [1.82, 2.24) is 10.3 Å². The molecular formula is C11H11BrN2OS. The molecule has 0 saturated heterocycles. The van der Waals surface area contributed by atoms with Crippen molar-refractivity contribution in [3.63, 3.8) is 0 Å². The minimum absolute atomic E-state index is 0.314. The molecule has 1 aromatic carbocycles. The van der Waals surface area contributed by atoms with E-state index in [-0.39, 0.29) is 0 Å². The Labute approximate surface area is 106 Å². The highest BCUT2D eigenvalue weighted by atomic mass is 79.9. The average Bonchev–Trinajstić information content (AvgIpc) is 2.76. The number of hydrogen-bond acceptors (Lipinski definition) is 4. The van der Waals surface area contributed by atoms with E-state index in [4.69, 9.17) is 0 Å². The molecule has 0 unspecified atom stereocenters. The van der Waals surface area contributed by atoms with E-state index in [0.717, 1.165) is 22.3 Å². The van der Waals surface area contributed by atoms with Crippen molar-refractivity contribution in [1.29, 1.82) is 0 Å². The third-order valence-corrected chi connectivity index (χ3v) is 3.28. The zero-order chi connectivity index (χ0) is 11.4. The molecule has 16 heavy (non-hydrogen) atoms. The van der Waals surface area contributed by atoms with Gasteiger partial charge in [-0.15, -0.1) is 11.3 Å². The first-order valence-electron chi connectivity index (χ1n) is 4.81. The summed E-state index contributed by atoms with van der Waals surface area (Å²) >= 11 is 4.96. The number of thiazole rings is 1. The van der Waals surface area contributed by atoms with Crippen molar-refractivity contribution in [3.05, 3.63) is 44.8 Å². The highest BCUT2D eigenvalue weighted by Crippen LogP contribution is 2.21. The molecule has 0 spiro atoms. The molecule has 0 bridgehead atoms. The van der Waals surface area contributed by atoms with Crippen molar-refractivity contribution in [2.75, 3.05) is 0 Å². The van der Waals surface area contributed by atoms with Gasteiger partial charge < -0.3 is 10.4 Å². The number of benzene rings is 1. The van der Waals surface area contributed by atoms with Gasteiger partial charge in [0.2, 0.25) is 0 Å². The zero-order valence-electron chi connectivity index (χ0n) is 8.48. The second kappa shape index (κ2) is 5.43. The molecule has 0 aliphatic carbocycles. The third-order valence-electron chi connectivity index (χ3n) is 2.15. The summed E-state index contributed by atoms with van der Waals surface area (Å²) in [5.74, 6) is 0.314. The van der Waals surface area contributed by atoms with Gasteiger partial charge in [0.25, 0.3) is 0 Å². The summed E-state index contributed by atoms with van der Waals surface area (Å²) in [6, 6.07) is 5.41. The molecule has 0 fully saturated rings. The normalized spacial score (nSPS) is 10.6. The van der Waals surface area contributed by atoms with Gasteiger partial charge in [-0.05, 0) is 18.2 Å². The molecule has 0 atom stereocenters. The van der Waals surface area contributed by atoms with Crippen LogP contribution in [0, 0.1) is 0 Å². The van der Waals surface area contributed by atoms with Crippen LogP contribution in [0.3, 0.4) is 0 Å². The van der Waals surface area contributed by atoms with Crippen molar-refractivity contribution in [3.8, 4) is 5.75 Å². The molecule has 1 aromatic heterocycles. The van der Waals surface area contributed by atoms with E-state index >= 15 is 0 Å². The first-order chi connectivity index (χ1) is 7.75. The van der Waals surface area contributed by atoms with Crippen molar-refractivity contribution < 1.29 is 5.11 Å². The van der Waals surface area contributed by atoms with Crippen LogP contribution in [0.25, 0.3) is 0 Å². The lowest BCUT2D eigenvalue weighted by Gasteiger charge is -2.06. The highest BCUT2D eigenvalue weighted by Gasteiger charge is 2.01. The molecule has 1 heterocycles. The topological polar surface area (TPSA) is 45.1 Å². The van der Waals surface area contributed by atoms with Gasteiger partial charge in [0.1, 0.15) is 5.75 Å². The van der Waals surface area contributed by atoms with Gasteiger partial charge in [-0.25, -0.2) is 4.98 Å². The fraction of sp³-hybridized carbons (Fsp3) is 0.182. The zero-order valence-corrected chi connectivity index (χ0v) is 10.9. The summed E-state index contributed by atoms with van der Waals surface area (Å²) in [5.41, 5.74) is 3.72. The van der Waals surface area contributed by atoms with Crippen LogP contribution in [-0.4, -0.2) is 10.1 Å². The van der Waals surface area contributed by atoms with E-state index in [1.165, 1.54) is 0 Å². The van der Waals surface area contributed by atoms with Gasteiger partial charge in [0.05, 0.1) is 11.2 Å². The van der Waals surface area contributed by atoms with E-state index in [1.807, 2.05) is 23.0 Å². The molecular weight excluding hydrogens is 288 g/mol. The van der Waals surface area contributed by atoms with E-state index in [9.17, 15) is 5.11 Å². The lowest BCUT2D eigenvalue weighted by Crippen LogP contribution is -2.12. The Balaban J connectivity index is 1.92. The number of nitrogens with one attached hydrogen (secondary N) is 1. The van der Waals surface area contributed by atoms with Crippen LogP contribution in [0.1, 0.15) is 11.3 Å². The molecule has 0 aliphatic rings. The van der Waals surface area contributed by atoms with Crippen LogP contribution in [0.15, 0.2) is 33.6 Å². The second-order valence-electron chi connectivity index (χ2n) is 3.36. The second-order valence-corrected chi connectivity index (χ2v) is 4.99. The Morgan fingerprint density at radius 1 is 1.38 bits per heavy atom. The summed E-state index contributed by atoms with van der Waals surface area (Å²) in [7, 11) is 0. The number of rotatable bonds is 4. The maximum Gasteiger partial charge on any atom is 0.120 e. The molecule has 3 nitrogen and oxygen atoms in total. The number of aromatic hydroxyl groups is 1. The van der Waals surface area contributed by atoms with Crippen LogP contribution in [0.4, 0.5) is 0 Å². The number of halogens is 1. The lowest BCUT2D eigenvalue weighted by molar-refractivity contribution is 0.464. The Morgan fingerprint density at radius 3 is 3.00 bits per heavy atom. The first-order valence-corrected chi connectivity index (χ1v) is 6.54. The standard InChI is InChI=1S/C11H11BrN2OS/c12-9-1-2-11(15)8(3-9)4-13-5-10-6-16-7-14-10/h1-3,6-7,13,15H,4-5H2. The van der Waals surface area contributed by atoms with Gasteiger partial charge in [-0.1, -0.05) is 15.9 Å². The number of aromatic nitrogens is 1. The van der Waals surface area contributed by atoms with E-state index in [1.54, 1.807) is 17.4 Å². The fourth-order valence-corrected chi connectivity index (χ4v) is 2.31. The largest absolute Gasteiger partial charge is 0.508 e. The van der Waals surface area contributed by atoms with Gasteiger partial charge in [0.15, 0.2) is 0 Å². The van der Waals surface area contributed by atoms with Crippen molar-refractivity contribution in [2.24, 2.45) is 0 Å². The van der Waals surface area contributed by atoms with Gasteiger partial charge >= 0.3 is 0 Å². The maximum absolute atomic E-state index is 9.62. The van der Waals surface area contributed by atoms with Crippen molar-refractivity contribution in [2.45, 2.75) is 13.1 Å². The minimum atomic E-state index is 0.314. The van der Waals surface area contributed by atoms with Gasteiger partial charge in [-0.2, -0.15) is 0 Å². The Hall–Kier alpha value is -0.910. The Bertz CT molecular complexity index is 459. The molecule has 0 aliphatic heterocycles. The first kappa shape index (κ1) is 11.6. The quantitative estimate of drug-likeness (QED) is 0.912. The maximum atomic E-state index is 9.62. The molecule has 0 saturated carbocycles. The van der Waals surface area contributed by atoms with Crippen LogP contribution in [0.5, 0.6) is 5.75 Å². The molecule has 2 N–H and O–H groups in total. The number of nitrogens with zero attached hydrogens (tertiary/aromatic N) is 1. The number of phenols is 1. The molecule has 2 rings (SSSR count). The molecule has 5 heteroatoms. The predicted octanol–water partition coefficient (Wildman–Crippen LogP) is 2.90. The summed E-state index contributed by atoms with van der Waals surface area (Å²) in [6.45, 7) is 1.35.